The van der Waals surface area contributed by atoms with E-state index < -0.39 is 38.4 Å². The zero-order valence-corrected chi connectivity index (χ0v) is 24.2. The number of sulfone groups is 1. The van der Waals surface area contributed by atoms with Crippen molar-refractivity contribution in [1.29, 1.82) is 0 Å². The number of alkyl halides is 1. The second kappa shape index (κ2) is 10.6. The van der Waals surface area contributed by atoms with Gasteiger partial charge in [0.2, 0.25) is 5.95 Å². The average molecular weight is 599 g/mol. The monoisotopic (exact) mass is 598 g/mol. The zero-order chi connectivity index (χ0) is 29.8. The third-order valence-corrected chi connectivity index (χ3v) is 10.6. The molecular formula is C30H33F3N6O2S. The predicted octanol–water partition coefficient (Wildman–Crippen LogP) is 5.81. The van der Waals surface area contributed by atoms with Crippen molar-refractivity contribution in [1.82, 2.24) is 19.6 Å². The molecule has 3 N–H and O–H groups in total. The molecule has 0 spiro atoms. The number of pyridine rings is 1. The number of anilines is 2. The Morgan fingerprint density at radius 3 is 2.45 bits per heavy atom. The van der Waals surface area contributed by atoms with E-state index in [1.54, 1.807) is 24.7 Å². The Morgan fingerprint density at radius 2 is 1.79 bits per heavy atom. The number of benzene rings is 1. The van der Waals surface area contributed by atoms with Crippen LogP contribution in [-0.2, 0) is 15.5 Å². The SMILES string of the molecule is C[C@H]1C[C@@H](c2ccncc2Nc2ncc3ccc(-c4c(F)cc(C5(F)CCCC5)cc4F)nn23)C[C@@H](N)[C@H]1S(C)(=O)=O. The fourth-order valence-corrected chi connectivity index (χ4v) is 8.65. The molecule has 4 aromatic rings. The molecule has 42 heavy (non-hydrogen) atoms. The first kappa shape index (κ1) is 28.6. The van der Waals surface area contributed by atoms with Crippen molar-refractivity contribution in [2.75, 3.05) is 11.6 Å². The summed E-state index contributed by atoms with van der Waals surface area (Å²) in [5.74, 6) is -1.61. The molecular weight excluding hydrogens is 565 g/mol. The van der Waals surface area contributed by atoms with Gasteiger partial charge in [0.05, 0.1) is 40.1 Å². The molecule has 1 aromatic carbocycles. The van der Waals surface area contributed by atoms with E-state index >= 15 is 13.2 Å². The number of nitrogens with zero attached hydrogens (tertiary/aromatic N) is 4. The summed E-state index contributed by atoms with van der Waals surface area (Å²) in [5.41, 5.74) is 6.51. The molecule has 2 aliphatic carbocycles. The van der Waals surface area contributed by atoms with E-state index in [0.717, 1.165) is 17.7 Å². The lowest BCUT2D eigenvalue weighted by atomic mass is 9.76. The minimum absolute atomic E-state index is 0.0198. The maximum absolute atomic E-state index is 15.3. The van der Waals surface area contributed by atoms with Crippen molar-refractivity contribution in [3.05, 3.63) is 71.7 Å². The van der Waals surface area contributed by atoms with Gasteiger partial charge in [-0.3, -0.25) is 4.98 Å². The van der Waals surface area contributed by atoms with Crippen LogP contribution >= 0.6 is 0 Å². The number of nitrogens with two attached hydrogens (primary N) is 1. The number of rotatable bonds is 6. The Morgan fingerprint density at radius 1 is 1.07 bits per heavy atom. The molecule has 2 fully saturated rings. The number of hydrogen-bond acceptors (Lipinski definition) is 7. The van der Waals surface area contributed by atoms with Gasteiger partial charge in [-0.1, -0.05) is 6.92 Å². The second-order valence-corrected chi connectivity index (χ2v) is 14.0. The van der Waals surface area contributed by atoms with Gasteiger partial charge < -0.3 is 11.1 Å². The van der Waals surface area contributed by atoms with Crippen LogP contribution in [-0.4, -0.2) is 45.5 Å². The Balaban J connectivity index is 1.32. The molecule has 4 atom stereocenters. The van der Waals surface area contributed by atoms with Crippen LogP contribution < -0.4 is 11.1 Å². The van der Waals surface area contributed by atoms with E-state index in [1.807, 2.05) is 13.0 Å². The number of nitrogens with one attached hydrogen (secondary N) is 1. The van der Waals surface area contributed by atoms with Gasteiger partial charge >= 0.3 is 0 Å². The molecule has 0 radical (unpaired) electrons. The third-order valence-electron chi connectivity index (χ3n) is 8.83. The van der Waals surface area contributed by atoms with Crippen LogP contribution in [0.2, 0.25) is 0 Å². The smallest absolute Gasteiger partial charge is 0.229 e. The third kappa shape index (κ3) is 5.15. The van der Waals surface area contributed by atoms with Gasteiger partial charge in [-0.05, 0) is 91.8 Å². The number of aromatic nitrogens is 4. The van der Waals surface area contributed by atoms with Gasteiger partial charge in [0.1, 0.15) is 17.3 Å². The van der Waals surface area contributed by atoms with Crippen molar-refractivity contribution in [2.24, 2.45) is 11.7 Å². The number of imidazole rings is 1. The Kier molecular flexibility index (Phi) is 7.25. The average Bonchev–Trinajstić information content (AvgIpc) is 3.54. The van der Waals surface area contributed by atoms with E-state index in [-0.39, 0.29) is 41.5 Å². The van der Waals surface area contributed by atoms with Crippen molar-refractivity contribution in [3.63, 3.8) is 0 Å². The first-order valence-corrected chi connectivity index (χ1v) is 16.1. The fourth-order valence-electron chi connectivity index (χ4n) is 6.95. The van der Waals surface area contributed by atoms with Crippen LogP contribution in [0.1, 0.15) is 62.5 Å². The van der Waals surface area contributed by atoms with E-state index in [2.05, 4.69) is 20.4 Å². The highest BCUT2D eigenvalue weighted by Gasteiger charge is 2.41. The molecule has 6 rings (SSSR count). The summed E-state index contributed by atoms with van der Waals surface area (Å²) in [6, 6.07) is 6.67. The van der Waals surface area contributed by atoms with Crippen LogP contribution in [0.4, 0.5) is 24.8 Å². The Bertz CT molecular complexity index is 1720. The minimum Gasteiger partial charge on any atom is -0.326 e. The first-order chi connectivity index (χ1) is 19.9. The van der Waals surface area contributed by atoms with Crippen molar-refractivity contribution in [2.45, 2.75) is 68.3 Å². The van der Waals surface area contributed by atoms with Crippen LogP contribution in [0.25, 0.3) is 16.8 Å². The van der Waals surface area contributed by atoms with Crippen molar-refractivity contribution < 1.29 is 21.6 Å². The standard InChI is InChI=1S/C30H33F3N6O2S/c1-17-11-18(12-24(34)28(17)42(2,40)41)21-7-10-35-16-26(21)37-29-36-15-20-5-6-25(38-39(20)29)27-22(31)13-19(14-23(27)32)30(33)8-3-4-9-30/h5-7,10,13-18,24,28H,3-4,8-9,11-12,34H2,1-2H3,(H,36,37)/t17-,18+,24+,28-/m0/s1. The largest absolute Gasteiger partial charge is 0.326 e. The van der Waals surface area contributed by atoms with Crippen LogP contribution in [0.3, 0.4) is 0 Å². The van der Waals surface area contributed by atoms with E-state index in [9.17, 15) is 8.42 Å². The summed E-state index contributed by atoms with van der Waals surface area (Å²) in [6.07, 6.45) is 9.11. The molecule has 8 nitrogen and oxygen atoms in total. The number of fused-ring (bicyclic) bond motifs is 1. The van der Waals surface area contributed by atoms with E-state index in [0.29, 0.717) is 42.8 Å². The Hall–Kier alpha value is -3.51. The fraction of sp³-hybridized carbons (Fsp3) is 0.433. The van der Waals surface area contributed by atoms with Crippen LogP contribution in [0.15, 0.2) is 48.9 Å². The molecule has 3 heterocycles. The highest BCUT2D eigenvalue weighted by atomic mass is 32.2. The van der Waals surface area contributed by atoms with Crippen LogP contribution in [0, 0.1) is 17.6 Å². The molecule has 2 aliphatic rings. The normalized spacial score (nSPS) is 24.2. The van der Waals surface area contributed by atoms with E-state index in [4.69, 9.17) is 5.73 Å². The summed E-state index contributed by atoms with van der Waals surface area (Å²) in [7, 11) is -3.30. The molecule has 0 amide bonds. The van der Waals surface area contributed by atoms with Crippen molar-refractivity contribution in [3.8, 4) is 11.3 Å². The predicted molar refractivity (Wildman–Crippen MR) is 155 cm³/mol. The molecule has 0 saturated heterocycles. The highest BCUT2D eigenvalue weighted by Crippen LogP contribution is 2.44. The lowest BCUT2D eigenvalue weighted by Gasteiger charge is -2.38. The maximum Gasteiger partial charge on any atom is 0.229 e. The molecule has 3 aromatic heterocycles. The second-order valence-electron chi connectivity index (χ2n) is 11.8. The molecule has 0 bridgehead atoms. The number of halogens is 3. The lowest BCUT2D eigenvalue weighted by Crippen LogP contribution is -2.48. The molecule has 12 heteroatoms. The molecule has 0 aliphatic heterocycles. The number of hydrogen-bond donors (Lipinski definition) is 2. The summed E-state index contributed by atoms with van der Waals surface area (Å²) in [4.78, 5) is 8.68. The van der Waals surface area contributed by atoms with Gasteiger partial charge in [0.25, 0.3) is 0 Å². The molecule has 222 valence electrons. The summed E-state index contributed by atoms with van der Waals surface area (Å²) in [5, 5.41) is 7.13. The topological polar surface area (TPSA) is 115 Å². The summed E-state index contributed by atoms with van der Waals surface area (Å²) < 4.78 is 71.9. The summed E-state index contributed by atoms with van der Waals surface area (Å²) in [6.45, 7) is 1.91. The Labute approximate surface area is 242 Å². The molecule has 2 saturated carbocycles. The van der Waals surface area contributed by atoms with Gasteiger partial charge in [-0.2, -0.15) is 9.61 Å². The minimum atomic E-state index is -3.30. The maximum atomic E-state index is 15.3. The zero-order valence-electron chi connectivity index (χ0n) is 23.4. The van der Waals surface area contributed by atoms with Gasteiger partial charge in [0.15, 0.2) is 9.84 Å². The van der Waals surface area contributed by atoms with Gasteiger partial charge in [-0.15, -0.1) is 0 Å². The quantitative estimate of drug-likeness (QED) is 0.288. The highest BCUT2D eigenvalue weighted by molar-refractivity contribution is 7.91. The lowest BCUT2D eigenvalue weighted by molar-refractivity contribution is 0.173. The molecule has 0 unspecified atom stereocenters. The van der Waals surface area contributed by atoms with Gasteiger partial charge in [0, 0.05) is 18.5 Å². The van der Waals surface area contributed by atoms with Crippen molar-refractivity contribution >= 4 is 27.0 Å². The van der Waals surface area contributed by atoms with Gasteiger partial charge in [-0.25, -0.2) is 26.6 Å². The summed E-state index contributed by atoms with van der Waals surface area (Å²) >= 11 is 0. The first-order valence-electron chi connectivity index (χ1n) is 14.1. The van der Waals surface area contributed by atoms with E-state index in [1.165, 1.54) is 16.8 Å². The van der Waals surface area contributed by atoms with Crippen LogP contribution in [0.5, 0.6) is 0 Å².